The number of ketones is 1. The van der Waals surface area contributed by atoms with Gasteiger partial charge in [-0.05, 0) is 55.4 Å². The van der Waals surface area contributed by atoms with Gasteiger partial charge in [0.2, 0.25) is 11.8 Å². The zero-order valence-corrected chi connectivity index (χ0v) is 49.0. The summed E-state index contributed by atoms with van der Waals surface area (Å²) in [6.07, 6.45) is -6.40. The Labute approximate surface area is 498 Å². The van der Waals surface area contributed by atoms with Crippen LogP contribution in [0.4, 0.5) is 4.39 Å². The number of aliphatic carboxylic acids is 1. The molecule has 30 heteroatoms. The summed E-state index contributed by atoms with van der Waals surface area (Å²) in [6.45, 7) is 1.22. The Kier molecular flexibility index (Phi) is 27.4. The van der Waals surface area contributed by atoms with Crippen molar-refractivity contribution in [2.45, 2.75) is 134 Å². The number of hydrogen-bond donors (Lipinski definition) is 10. The molecule has 3 aliphatic rings. The van der Waals surface area contributed by atoms with E-state index in [1.165, 1.54) is 37.7 Å². The average molecular weight is 1190 g/mol. The van der Waals surface area contributed by atoms with E-state index >= 15 is 4.39 Å². The van der Waals surface area contributed by atoms with Gasteiger partial charge in [-0.1, -0.05) is 13.8 Å². The van der Waals surface area contributed by atoms with Gasteiger partial charge in [-0.15, -0.1) is 0 Å². The van der Waals surface area contributed by atoms with E-state index in [9.17, 15) is 64.8 Å². The van der Waals surface area contributed by atoms with Gasteiger partial charge in [0, 0.05) is 54.4 Å². The van der Waals surface area contributed by atoms with Crippen molar-refractivity contribution < 1.29 is 142 Å². The molecule has 4 heterocycles. The number of carbonyl (C=O) groups excluding carboxylic acids is 4. The van der Waals surface area contributed by atoms with Crippen molar-refractivity contribution in [1.82, 2.24) is 25.5 Å². The number of pyridine rings is 2. The zero-order chi connectivity index (χ0) is 59.8. The maximum atomic E-state index is 15.4. The Bertz CT molecular complexity index is 2770. The standard InChI is InChI=1S/C53H74FN5O23.Na/c1-6-30(18-60)80-43(26-75-24-41(66)55-10-11-78-79-13-12-76-51-47(57-28(4)64)49(68)48(67)40(21-63)82-51)77-23-31(19-61)81-42(73-5)25-74-22-29(65)16-56-37-9-8-32-27(3)36(54)15-38-44(32)45(37)33-17-59-39(46(33)58-38)14-35(34(20-62)50(59)69)53(72,7-2)52(70)71;/h10-11,14-15,30-31,37,40,42-43,47-49,51,56,60-63,67-68,72H,6-9,12-13,16-26H2,1-5H3,(H,55,66)(H,57,64)(H,70,71);/q;+1/p-1/b11-10+;/t30?,31?,37-,40?,42?,43?,47?,48?,49?,51?,53-;/m0./s1. The molecule has 3 aromatic rings. The SMILES string of the molecule is CCC(CO)OC(COCC(=O)N/C=C/OOCCOC1OC(CO)C(O)C(O)C1NC(C)=O)OCC(CO)OC(COCC(=O)CN[C@H]1CCc2c(C)c(F)cc3nc4c(c1c23)Cn1c-4cc([C@@](O)(CC)C(=O)[O-])c(CO)c1=O)OC.[Na+]. The molecule has 83 heavy (non-hydrogen) atoms. The monoisotopic (exact) mass is 1190 g/mol. The second-order valence-corrected chi connectivity index (χ2v) is 19.5. The van der Waals surface area contributed by atoms with Gasteiger partial charge in [-0.2, -0.15) is 4.89 Å². The number of aliphatic hydroxyl groups is 7. The third-order valence-electron chi connectivity index (χ3n) is 14.2. The van der Waals surface area contributed by atoms with E-state index in [1.54, 1.807) is 13.8 Å². The summed E-state index contributed by atoms with van der Waals surface area (Å²) >= 11 is 0. The van der Waals surface area contributed by atoms with Crippen LogP contribution < -0.4 is 56.2 Å². The van der Waals surface area contributed by atoms with Crippen LogP contribution in [0.25, 0.3) is 22.3 Å². The van der Waals surface area contributed by atoms with Gasteiger partial charge < -0.3 is 109 Å². The van der Waals surface area contributed by atoms with Gasteiger partial charge in [0.1, 0.15) is 68.0 Å². The van der Waals surface area contributed by atoms with Gasteiger partial charge in [-0.3, -0.25) is 19.2 Å². The van der Waals surface area contributed by atoms with Crippen LogP contribution in [-0.4, -0.2) is 204 Å². The fourth-order valence-corrected chi connectivity index (χ4v) is 9.75. The molecule has 11 atom stereocenters. The first kappa shape index (κ1) is 69.2. The molecule has 1 fully saturated rings. The van der Waals surface area contributed by atoms with Crippen molar-refractivity contribution in [2.75, 3.05) is 79.7 Å². The predicted molar refractivity (Wildman–Crippen MR) is 276 cm³/mol. The molecule has 0 spiro atoms. The molecule has 2 aromatic heterocycles. The molecule has 6 rings (SSSR count). The zero-order valence-electron chi connectivity index (χ0n) is 47.0. The molecule has 2 amide bonds. The van der Waals surface area contributed by atoms with Crippen molar-refractivity contribution in [1.29, 1.82) is 0 Å². The summed E-state index contributed by atoms with van der Waals surface area (Å²) in [5.41, 5.74) is -1.01. The number of carboxylic acids is 1. The molecule has 1 saturated heterocycles. The summed E-state index contributed by atoms with van der Waals surface area (Å²) in [4.78, 5) is 78.1. The number of benzene rings is 1. The summed E-state index contributed by atoms with van der Waals surface area (Å²) in [7, 11) is 1.32. The number of hydrogen-bond acceptors (Lipinski definition) is 25. The van der Waals surface area contributed by atoms with E-state index < -0.39 is 129 Å². The number of nitrogens with one attached hydrogen (secondary N) is 3. The Hall–Kier alpha value is -4.55. The topological polar surface area (TPSA) is 396 Å². The van der Waals surface area contributed by atoms with Gasteiger partial charge in [0.25, 0.3) is 5.56 Å². The van der Waals surface area contributed by atoms with E-state index in [4.69, 9.17) is 52.7 Å². The van der Waals surface area contributed by atoms with E-state index in [2.05, 4.69) is 16.0 Å². The molecule has 0 radical (unpaired) electrons. The van der Waals surface area contributed by atoms with Crippen molar-refractivity contribution in [2.24, 2.45) is 0 Å². The second kappa shape index (κ2) is 32.8. The molecule has 10 N–H and O–H groups in total. The first-order chi connectivity index (χ1) is 39.3. The minimum atomic E-state index is -2.61. The number of rotatable bonds is 35. The number of amides is 2. The van der Waals surface area contributed by atoms with Crippen molar-refractivity contribution >= 4 is 34.5 Å². The number of carboxylic acid groups (broad SMARTS) is 1. The summed E-state index contributed by atoms with van der Waals surface area (Å²) in [6, 6.07) is 0.918. The van der Waals surface area contributed by atoms with Crippen LogP contribution in [0, 0.1) is 12.7 Å². The number of aliphatic hydroxyl groups excluding tert-OH is 6. The predicted octanol–water partition coefficient (Wildman–Crippen LogP) is -6.13. The molecular formula is C53H73FN5NaO23. The largest absolute Gasteiger partial charge is 1.00 e. The van der Waals surface area contributed by atoms with Crippen LogP contribution in [0.2, 0.25) is 0 Å². The van der Waals surface area contributed by atoms with Crippen LogP contribution in [0.5, 0.6) is 0 Å². The molecule has 0 saturated carbocycles. The van der Waals surface area contributed by atoms with Crippen molar-refractivity contribution in [3.63, 3.8) is 0 Å². The Balaban J connectivity index is 0.0000126. The summed E-state index contributed by atoms with van der Waals surface area (Å²) in [5.74, 6) is -3.89. The maximum Gasteiger partial charge on any atom is 1.00 e. The fourth-order valence-electron chi connectivity index (χ4n) is 9.75. The van der Waals surface area contributed by atoms with E-state index in [0.29, 0.717) is 46.9 Å². The Morgan fingerprint density at radius 2 is 1.70 bits per heavy atom. The van der Waals surface area contributed by atoms with Crippen LogP contribution >= 0.6 is 0 Å². The number of Topliss-reactive ketones (excluding diaryl/α,β-unsaturated/α-hetero) is 1. The van der Waals surface area contributed by atoms with Crippen molar-refractivity contribution in [3.8, 4) is 11.4 Å². The first-order valence-corrected chi connectivity index (χ1v) is 26.6. The minimum absolute atomic E-state index is 0. The van der Waals surface area contributed by atoms with E-state index in [1.807, 2.05) is 0 Å². The molecule has 1 aromatic carbocycles. The van der Waals surface area contributed by atoms with Gasteiger partial charge in [0.15, 0.2) is 24.7 Å². The van der Waals surface area contributed by atoms with Crippen LogP contribution in [0.3, 0.4) is 0 Å². The van der Waals surface area contributed by atoms with E-state index in [-0.39, 0.29) is 123 Å². The third-order valence-corrected chi connectivity index (χ3v) is 14.2. The maximum absolute atomic E-state index is 15.4. The quantitative estimate of drug-likeness (QED) is 0.00512. The number of aromatic nitrogens is 2. The minimum Gasteiger partial charge on any atom is -0.547 e. The third kappa shape index (κ3) is 17.1. The number of halogens is 1. The Morgan fingerprint density at radius 1 is 0.988 bits per heavy atom. The smallest absolute Gasteiger partial charge is 0.547 e. The number of ether oxygens (including phenoxy) is 8. The molecule has 456 valence electrons. The van der Waals surface area contributed by atoms with Gasteiger partial charge in [-0.25, -0.2) is 9.37 Å². The van der Waals surface area contributed by atoms with Crippen LogP contribution in [0.1, 0.15) is 79.5 Å². The average Bonchev–Trinajstić information content (AvgIpc) is 4.12. The molecular weight excluding hydrogens is 1120 g/mol. The number of fused-ring (bicyclic) bond motifs is 4. The first-order valence-electron chi connectivity index (χ1n) is 26.6. The molecule has 2 aliphatic heterocycles. The number of nitrogens with zero attached hydrogens (tertiary/aromatic N) is 2. The molecule has 28 nitrogen and oxygen atoms in total. The summed E-state index contributed by atoms with van der Waals surface area (Å²) in [5, 5.41) is 92.3. The van der Waals surface area contributed by atoms with E-state index in [0.717, 1.165) is 12.5 Å². The number of carbonyl (C=O) groups is 4. The van der Waals surface area contributed by atoms with Crippen LogP contribution in [-0.2, 0) is 92.0 Å². The molecule has 9 unspecified atom stereocenters. The normalized spacial score (nSPS) is 21.3. The fraction of sp³-hybridized carbons (Fsp3) is 0.623. The van der Waals surface area contributed by atoms with Gasteiger partial charge in [0.05, 0.1) is 94.9 Å². The molecule has 0 bridgehead atoms. The van der Waals surface area contributed by atoms with Crippen molar-refractivity contribution in [3.05, 3.63) is 74.1 Å². The number of aryl methyl sites for hydroxylation is 1. The van der Waals surface area contributed by atoms with Crippen LogP contribution in [0.15, 0.2) is 29.4 Å². The Morgan fingerprint density at radius 3 is 2.35 bits per heavy atom. The second-order valence-electron chi connectivity index (χ2n) is 19.5. The van der Waals surface area contributed by atoms with Gasteiger partial charge >= 0.3 is 29.6 Å². The number of methoxy groups -OCH3 is 1. The summed E-state index contributed by atoms with van der Waals surface area (Å²) < 4.78 is 61.7. The molecule has 1 aliphatic carbocycles.